The van der Waals surface area contributed by atoms with Gasteiger partial charge in [0.05, 0.1) is 16.1 Å². The first-order chi connectivity index (χ1) is 24.2. The highest BCUT2D eigenvalue weighted by atomic mass is 32.2. The number of nitrogens with zero attached hydrogens (tertiary/aromatic N) is 1. The molecule has 1 unspecified atom stereocenters. The molecule has 0 saturated heterocycles. The minimum atomic E-state index is -0.0870. The maximum absolute atomic E-state index is 10.4. The van der Waals surface area contributed by atoms with Crippen molar-refractivity contribution in [2.24, 2.45) is 5.92 Å². The highest BCUT2D eigenvalue weighted by Gasteiger charge is 2.30. The molecule has 53 heavy (non-hydrogen) atoms. The van der Waals surface area contributed by atoms with Gasteiger partial charge < -0.3 is 5.32 Å². The summed E-state index contributed by atoms with van der Waals surface area (Å²) in [4.78, 5) is 2.66. The van der Waals surface area contributed by atoms with E-state index in [0.29, 0.717) is 6.54 Å². The van der Waals surface area contributed by atoms with E-state index >= 15 is 0 Å². The van der Waals surface area contributed by atoms with Crippen molar-refractivity contribution in [2.45, 2.75) is 204 Å². The first-order valence-electron chi connectivity index (χ1n) is 20.4. The van der Waals surface area contributed by atoms with Gasteiger partial charge in [0.25, 0.3) is 0 Å². The van der Waals surface area contributed by atoms with Crippen LogP contribution in [0.5, 0.6) is 0 Å². The van der Waals surface area contributed by atoms with Crippen LogP contribution in [0.15, 0.2) is 64.4 Å². The fourth-order valence-corrected chi connectivity index (χ4v) is 9.62. The van der Waals surface area contributed by atoms with Gasteiger partial charge in [-0.25, -0.2) is 0 Å². The summed E-state index contributed by atoms with van der Waals surface area (Å²) < 4.78 is -0.0870. The number of benzene rings is 2. The second-order valence-corrected chi connectivity index (χ2v) is 23.8. The monoisotopic (exact) mass is 759 g/mol. The highest BCUT2D eigenvalue weighted by Crippen LogP contribution is 2.49. The van der Waals surface area contributed by atoms with Gasteiger partial charge in [-0.3, -0.25) is 0 Å². The smallest absolute Gasteiger partial charge is 0.0669 e. The van der Waals surface area contributed by atoms with E-state index in [4.69, 9.17) is 0 Å². The van der Waals surface area contributed by atoms with Crippen molar-refractivity contribution in [1.82, 2.24) is 5.32 Å². The van der Waals surface area contributed by atoms with E-state index in [1.807, 2.05) is 23.5 Å². The van der Waals surface area contributed by atoms with Gasteiger partial charge in [-0.15, -0.1) is 23.5 Å². The number of hydrogen-bond acceptors (Lipinski definition) is 4. The molecule has 2 atom stereocenters. The quantitative estimate of drug-likeness (QED) is 0.0933. The van der Waals surface area contributed by atoms with Crippen LogP contribution in [-0.2, 0) is 28.1 Å². The van der Waals surface area contributed by atoms with Gasteiger partial charge >= 0.3 is 0 Å². The zero-order valence-electron chi connectivity index (χ0n) is 37.1. The Morgan fingerprint density at radius 2 is 1.13 bits per heavy atom. The van der Waals surface area contributed by atoms with E-state index in [1.54, 1.807) is 0 Å². The summed E-state index contributed by atoms with van der Waals surface area (Å²) in [6.07, 6.45) is 8.06. The third-order valence-corrected chi connectivity index (χ3v) is 12.6. The normalized spacial score (nSPS) is 14.2. The second kappa shape index (κ2) is 19.3. The van der Waals surface area contributed by atoms with Crippen molar-refractivity contribution in [3.8, 4) is 6.07 Å². The summed E-state index contributed by atoms with van der Waals surface area (Å²) >= 11 is 3.96. The number of hydrogen-bond donors (Lipinski definition) is 1. The SMILES string of the molecule is C=C(CCC)CC[C@H](NCC(C#N)CCc1c(C(C)(C)C)cc(SC(C)(C)Sc2cc(C(C)(C)C)cc(C(C)(C)C)c2)cc1C(C)(C)C)C(=C)CCC. The van der Waals surface area contributed by atoms with Gasteiger partial charge in [-0.1, -0.05) is 140 Å². The van der Waals surface area contributed by atoms with Crippen molar-refractivity contribution in [1.29, 1.82) is 5.26 Å². The number of allylic oxidation sites excluding steroid dienone is 1. The molecule has 1 N–H and O–H groups in total. The summed E-state index contributed by atoms with van der Waals surface area (Å²) in [5.41, 5.74) is 9.72. The fraction of sp³-hybridized carbons (Fsp3) is 0.653. The molecule has 0 aliphatic carbocycles. The van der Waals surface area contributed by atoms with Gasteiger partial charge in [-0.2, -0.15) is 5.26 Å². The Morgan fingerprint density at radius 3 is 1.55 bits per heavy atom. The Labute approximate surface area is 337 Å². The minimum Gasteiger partial charge on any atom is -0.309 e. The summed E-state index contributed by atoms with van der Waals surface area (Å²) in [5.74, 6) is -0.0716. The van der Waals surface area contributed by atoms with Crippen molar-refractivity contribution in [3.63, 3.8) is 0 Å². The average Bonchev–Trinajstić information content (AvgIpc) is 3.00. The molecule has 0 aliphatic rings. The third-order valence-electron chi connectivity index (χ3n) is 10.2. The molecule has 0 saturated carbocycles. The molecule has 0 bridgehead atoms. The lowest BCUT2D eigenvalue weighted by molar-refractivity contribution is 0.459. The van der Waals surface area contributed by atoms with E-state index < -0.39 is 0 Å². The van der Waals surface area contributed by atoms with Crippen molar-refractivity contribution >= 4 is 23.5 Å². The van der Waals surface area contributed by atoms with Crippen LogP contribution in [0, 0.1) is 17.2 Å². The van der Waals surface area contributed by atoms with Crippen LogP contribution >= 0.6 is 23.5 Å². The minimum absolute atomic E-state index is 0.0316. The van der Waals surface area contributed by atoms with E-state index in [9.17, 15) is 5.26 Å². The maximum atomic E-state index is 10.4. The Balaban J connectivity index is 2.44. The molecule has 2 nitrogen and oxygen atoms in total. The molecule has 0 radical (unpaired) electrons. The largest absolute Gasteiger partial charge is 0.309 e. The zero-order chi connectivity index (χ0) is 40.6. The maximum Gasteiger partial charge on any atom is 0.0669 e. The highest BCUT2D eigenvalue weighted by molar-refractivity contribution is 8.18. The number of thioether (sulfide) groups is 2. The van der Waals surface area contributed by atoms with Crippen LogP contribution in [0.2, 0.25) is 0 Å². The second-order valence-electron chi connectivity index (χ2n) is 20.1. The van der Waals surface area contributed by atoms with Crippen LogP contribution in [0.25, 0.3) is 0 Å². The van der Waals surface area contributed by atoms with Crippen LogP contribution < -0.4 is 5.32 Å². The van der Waals surface area contributed by atoms with Crippen LogP contribution in [-0.4, -0.2) is 16.7 Å². The van der Waals surface area contributed by atoms with Crippen LogP contribution in [0.3, 0.4) is 0 Å². The molecule has 0 spiro atoms. The molecule has 0 heterocycles. The molecule has 0 amide bonds. The predicted molar refractivity (Wildman–Crippen MR) is 240 cm³/mol. The Kier molecular flexibility index (Phi) is 17.2. The van der Waals surface area contributed by atoms with Gasteiger partial charge in [0.2, 0.25) is 0 Å². The third kappa shape index (κ3) is 15.3. The Bertz CT molecular complexity index is 1490. The molecular formula is C49H78N2S2. The van der Waals surface area contributed by atoms with Crippen molar-refractivity contribution in [2.75, 3.05) is 6.54 Å². The Hall–Kier alpha value is -1.93. The fourth-order valence-electron chi connectivity index (χ4n) is 7.01. The lowest BCUT2D eigenvalue weighted by atomic mass is 9.74. The Morgan fingerprint density at radius 1 is 0.660 bits per heavy atom. The molecular weight excluding hydrogens is 681 g/mol. The summed E-state index contributed by atoms with van der Waals surface area (Å²) in [6, 6.07) is 15.1. The van der Waals surface area contributed by atoms with E-state index in [1.165, 1.54) is 48.8 Å². The van der Waals surface area contributed by atoms with Crippen molar-refractivity contribution in [3.05, 3.63) is 82.5 Å². The average molecular weight is 759 g/mol. The standard InChI is InChI=1S/C49H78N2S2/c1-19-21-34(3)23-26-44(35(4)22-20-2)51-33-36(32-50)24-25-41-42(47(11,12)13)30-40(31-43(41)48(14,15)16)53-49(17,18)52-39-28-37(45(5,6)7)27-38(29-39)46(8,9)10/h27-31,36,44,51H,3-4,19-26,33H2,1-2,5-18H3/t36?,44-/m0/s1. The predicted octanol–water partition coefficient (Wildman–Crippen LogP) is 15.0. The molecule has 2 rings (SSSR count). The lowest BCUT2D eigenvalue weighted by Gasteiger charge is -2.33. The van der Waals surface area contributed by atoms with E-state index in [2.05, 4.69) is 166 Å². The molecule has 0 aromatic heterocycles. The number of nitrogens with one attached hydrogen (secondary N) is 1. The number of nitriles is 1. The zero-order valence-corrected chi connectivity index (χ0v) is 38.7. The molecule has 296 valence electrons. The van der Waals surface area contributed by atoms with Crippen molar-refractivity contribution < 1.29 is 0 Å². The van der Waals surface area contributed by atoms with Gasteiger partial charge in [0, 0.05) is 22.4 Å². The summed E-state index contributed by atoms with van der Waals surface area (Å²) in [7, 11) is 0. The molecule has 2 aromatic carbocycles. The van der Waals surface area contributed by atoms with Gasteiger partial charge in [0.1, 0.15) is 0 Å². The lowest BCUT2D eigenvalue weighted by Crippen LogP contribution is -2.35. The van der Waals surface area contributed by atoms with Gasteiger partial charge in [0.15, 0.2) is 0 Å². The van der Waals surface area contributed by atoms with E-state index in [0.717, 1.165) is 51.4 Å². The summed E-state index contributed by atoms with van der Waals surface area (Å²) in [5, 5.41) is 14.2. The topological polar surface area (TPSA) is 35.8 Å². The molecule has 4 heteroatoms. The van der Waals surface area contributed by atoms with Crippen LogP contribution in [0.1, 0.15) is 184 Å². The molecule has 0 fully saturated rings. The molecule has 2 aromatic rings. The van der Waals surface area contributed by atoms with E-state index in [-0.39, 0.29) is 37.7 Å². The first-order valence-corrected chi connectivity index (χ1v) is 22.0. The van der Waals surface area contributed by atoms with Gasteiger partial charge in [-0.05, 0) is 126 Å². The molecule has 0 aliphatic heterocycles. The first kappa shape index (κ1) is 47.2. The number of rotatable bonds is 18. The summed E-state index contributed by atoms with van der Waals surface area (Å²) in [6.45, 7) is 46.6. The van der Waals surface area contributed by atoms with Crippen LogP contribution in [0.4, 0.5) is 0 Å².